The summed E-state index contributed by atoms with van der Waals surface area (Å²) >= 11 is 1.21. The number of amides is 1. The Morgan fingerprint density at radius 2 is 2.00 bits per heavy atom. The number of hydrogen-bond donors (Lipinski definition) is 2. The van der Waals surface area contributed by atoms with Gasteiger partial charge >= 0.3 is 0 Å². The van der Waals surface area contributed by atoms with Crippen LogP contribution in [0.15, 0.2) is 65.0 Å². The monoisotopic (exact) mass is 456 g/mol. The van der Waals surface area contributed by atoms with Gasteiger partial charge in [-0.05, 0) is 56.1 Å². The van der Waals surface area contributed by atoms with E-state index in [0.717, 1.165) is 19.4 Å². The standard InChI is InChI=1S/C22H24N4O3S2/c1-16-3-2-4-17(15-16)9-11-23-20-10-13-26(21(20)27)18-5-7-19(8-6-18)31(28,29)25-22-24-12-14-30-22/h2-8,12,14-15,20,23H,9-11,13H2,1H3,(H,24,25). The van der Waals surface area contributed by atoms with Gasteiger partial charge in [-0.3, -0.25) is 9.52 Å². The van der Waals surface area contributed by atoms with E-state index in [9.17, 15) is 13.2 Å². The van der Waals surface area contributed by atoms with Crippen molar-refractivity contribution in [2.24, 2.45) is 0 Å². The lowest BCUT2D eigenvalue weighted by Crippen LogP contribution is -2.39. The molecule has 1 unspecified atom stereocenters. The molecule has 0 spiro atoms. The summed E-state index contributed by atoms with van der Waals surface area (Å²) < 4.78 is 27.4. The summed E-state index contributed by atoms with van der Waals surface area (Å²) in [5, 5.41) is 5.37. The molecule has 0 saturated carbocycles. The second-order valence-corrected chi connectivity index (χ2v) is 10.0. The molecule has 0 radical (unpaired) electrons. The number of nitrogens with one attached hydrogen (secondary N) is 2. The number of aromatic nitrogens is 1. The lowest BCUT2D eigenvalue weighted by Gasteiger charge is -2.18. The molecule has 1 fully saturated rings. The first-order valence-electron chi connectivity index (χ1n) is 10.0. The molecule has 0 aliphatic carbocycles. The number of nitrogens with zero attached hydrogens (tertiary/aromatic N) is 2. The smallest absolute Gasteiger partial charge is 0.263 e. The van der Waals surface area contributed by atoms with Gasteiger partial charge < -0.3 is 10.2 Å². The number of benzene rings is 2. The second kappa shape index (κ2) is 9.17. The van der Waals surface area contributed by atoms with Crippen molar-refractivity contribution in [1.29, 1.82) is 0 Å². The van der Waals surface area contributed by atoms with E-state index in [1.807, 2.05) is 6.07 Å². The maximum atomic E-state index is 12.8. The zero-order valence-electron chi connectivity index (χ0n) is 17.1. The van der Waals surface area contributed by atoms with E-state index in [1.54, 1.807) is 22.4 Å². The maximum absolute atomic E-state index is 12.8. The first kappa shape index (κ1) is 21.5. The number of hydrogen-bond acceptors (Lipinski definition) is 6. The van der Waals surface area contributed by atoms with Crippen LogP contribution >= 0.6 is 11.3 Å². The summed E-state index contributed by atoms with van der Waals surface area (Å²) in [4.78, 5) is 18.6. The predicted molar refractivity (Wildman–Crippen MR) is 123 cm³/mol. The van der Waals surface area contributed by atoms with Crippen LogP contribution in [-0.2, 0) is 21.2 Å². The van der Waals surface area contributed by atoms with Crippen LogP contribution in [-0.4, -0.2) is 38.4 Å². The highest BCUT2D eigenvalue weighted by atomic mass is 32.2. The van der Waals surface area contributed by atoms with Crippen LogP contribution in [0, 0.1) is 6.92 Å². The minimum Gasteiger partial charge on any atom is -0.311 e. The van der Waals surface area contributed by atoms with E-state index in [4.69, 9.17) is 0 Å². The molecule has 162 valence electrons. The number of sulfonamides is 1. The number of thiazole rings is 1. The van der Waals surface area contributed by atoms with Gasteiger partial charge in [0.1, 0.15) is 0 Å². The Balaban J connectivity index is 1.35. The summed E-state index contributed by atoms with van der Waals surface area (Å²) in [6.45, 7) is 3.40. The molecule has 1 aromatic heterocycles. The third kappa shape index (κ3) is 5.12. The third-order valence-electron chi connectivity index (χ3n) is 5.21. The molecule has 3 aromatic rings. The van der Waals surface area contributed by atoms with E-state index in [2.05, 4.69) is 40.1 Å². The Morgan fingerprint density at radius 3 is 2.71 bits per heavy atom. The summed E-state index contributed by atoms with van der Waals surface area (Å²) in [6.07, 6.45) is 3.12. The summed E-state index contributed by atoms with van der Waals surface area (Å²) in [6, 6.07) is 14.5. The molecule has 2 N–H and O–H groups in total. The van der Waals surface area contributed by atoms with Crippen molar-refractivity contribution in [2.45, 2.75) is 30.7 Å². The average molecular weight is 457 g/mol. The van der Waals surface area contributed by atoms with Gasteiger partial charge in [0.15, 0.2) is 5.13 Å². The van der Waals surface area contributed by atoms with Crippen molar-refractivity contribution in [3.63, 3.8) is 0 Å². The highest BCUT2D eigenvalue weighted by Gasteiger charge is 2.32. The molecule has 7 nitrogen and oxygen atoms in total. The second-order valence-electron chi connectivity index (χ2n) is 7.46. The normalized spacial score (nSPS) is 16.6. The zero-order chi connectivity index (χ0) is 21.8. The van der Waals surface area contributed by atoms with Crippen molar-refractivity contribution in [3.8, 4) is 0 Å². The largest absolute Gasteiger partial charge is 0.311 e. The minimum atomic E-state index is -3.71. The van der Waals surface area contributed by atoms with Crippen LogP contribution in [0.25, 0.3) is 0 Å². The van der Waals surface area contributed by atoms with Gasteiger partial charge in [0.25, 0.3) is 10.0 Å². The fourth-order valence-electron chi connectivity index (χ4n) is 3.64. The molecular formula is C22H24N4O3S2. The molecule has 1 saturated heterocycles. The van der Waals surface area contributed by atoms with Gasteiger partial charge in [-0.1, -0.05) is 29.8 Å². The Bertz CT molecular complexity index is 1150. The van der Waals surface area contributed by atoms with E-state index in [-0.39, 0.29) is 16.8 Å². The van der Waals surface area contributed by atoms with Gasteiger partial charge in [0.05, 0.1) is 10.9 Å². The van der Waals surface area contributed by atoms with Crippen LogP contribution in [0.3, 0.4) is 0 Å². The topological polar surface area (TPSA) is 91.4 Å². The van der Waals surface area contributed by atoms with E-state index in [0.29, 0.717) is 17.4 Å². The van der Waals surface area contributed by atoms with Crippen LogP contribution in [0.1, 0.15) is 17.5 Å². The number of aryl methyl sites for hydroxylation is 1. The van der Waals surface area contributed by atoms with Crippen molar-refractivity contribution >= 4 is 38.1 Å². The molecule has 9 heteroatoms. The van der Waals surface area contributed by atoms with Crippen molar-refractivity contribution in [1.82, 2.24) is 10.3 Å². The lowest BCUT2D eigenvalue weighted by atomic mass is 10.1. The first-order chi connectivity index (χ1) is 14.9. The Hall–Kier alpha value is -2.75. The maximum Gasteiger partial charge on any atom is 0.263 e. The summed E-state index contributed by atoms with van der Waals surface area (Å²) in [7, 11) is -3.71. The number of carbonyl (C=O) groups is 1. The van der Waals surface area contributed by atoms with Gasteiger partial charge in [0.2, 0.25) is 5.91 Å². The van der Waals surface area contributed by atoms with E-state index < -0.39 is 10.0 Å². The SMILES string of the molecule is Cc1cccc(CCNC2CCN(c3ccc(S(=O)(=O)Nc4nccs4)cc3)C2=O)c1. The molecule has 1 amide bonds. The fraction of sp³-hybridized carbons (Fsp3) is 0.273. The van der Waals surface area contributed by atoms with Gasteiger partial charge in [-0.15, -0.1) is 11.3 Å². The van der Waals surface area contributed by atoms with Crippen molar-refractivity contribution < 1.29 is 13.2 Å². The molecule has 4 rings (SSSR count). The fourth-order valence-corrected chi connectivity index (χ4v) is 5.43. The molecule has 1 atom stereocenters. The lowest BCUT2D eigenvalue weighted by molar-refractivity contribution is -0.118. The van der Waals surface area contributed by atoms with E-state index in [1.165, 1.54) is 40.8 Å². The van der Waals surface area contributed by atoms with E-state index >= 15 is 0 Å². The molecule has 1 aliphatic heterocycles. The Kier molecular flexibility index (Phi) is 6.35. The van der Waals surface area contributed by atoms with Crippen molar-refractivity contribution in [2.75, 3.05) is 22.7 Å². The molecule has 0 bridgehead atoms. The number of carbonyl (C=O) groups excluding carboxylic acids is 1. The first-order valence-corrected chi connectivity index (χ1v) is 12.4. The predicted octanol–water partition coefficient (Wildman–Crippen LogP) is 3.19. The highest BCUT2D eigenvalue weighted by molar-refractivity contribution is 7.93. The molecule has 2 aromatic carbocycles. The minimum absolute atomic E-state index is 0.0146. The average Bonchev–Trinajstić information content (AvgIpc) is 3.38. The molecule has 1 aliphatic rings. The molecule has 31 heavy (non-hydrogen) atoms. The highest BCUT2D eigenvalue weighted by Crippen LogP contribution is 2.25. The van der Waals surface area contributed by atoms with Crippen LogP contribution in [0.4, 0.5) is 10.8 Å². The van der Waals surface area contributed by atoms with Crippen LogP contribution < -0.4 is 14.9 Å². The van der Waals surface area contributed by atoms with Gasteiger partial charge in [-0.25, -0.2) is 13.4 Å². The number of rotatable bonds is 8. The van der Waals surface area contributed by atoms with Crippen LogP contribution in [0.2, 0.25) is 0 Å². The zero-order valence-corrected chi connectivity index (χ0v) is 18.7. The van der Waals surface area contributed by atoms with Crippen LogP contribution in [0.5, 0.6) is 0 Å². The van der Waals surface area contributed by atoms with Crippen molar-refractivity contribution in [3.05, 3.63) is 71.2 Å². The van der Waals surface area contributed by atoms with Gasteiger partial charge in [-0.2, -0.15) is 0 Å². The van der Waals surface area contributed by atoms with Gasteiger partial charge in [0, 0.05) is 23.8 Å². The Morgan fingerprint density at radius 1 is 1.19 bits per heavy atom. The summed E-state index contributed by atoms with van der Waals surface area (Å²) in [5.74, 6) is 0.0146. The molecular weight excluding hydrogens is 432 g/mol. The third-order valence-corrected chi connectivity index (χ3v) is 7.38. The molecule has 2 heterocycles. The Labute approximate surface area is 186 Å². The summed E-state index contributed by atoms with van der Waals surface area (Å²) in [5.41, 5.74) is 3.17. The quantitative estimate of drug-likeness (QED) is 0.543. The number of anilines is 2.